The second kappa shape index (κ2) is 5.18. The maximum atomic E-state index is 11.3. The highest BCUT2D eigenvalue weighted by Gasteiger charge is 2.04. The average Bonchev–Trinajstić information content (AvgIpc) is 2.58. The molecule has 0 bridgehead atoms. The number of carbonyl (C=O) groups is 1. The Balaban J connectivity index is 2.22. The molecule has 0 unspecified atom stereocenters. The number of aromatic amines is 1. The molecule has 84 valence electrons. The molecule has 0 atom stereocenters. The van der Waals surface area contributed by atoms with Crippen molar-refractivity contribution in [2.75, 3.05) is 24.1 Å². The molecule has 1 amide bonds. The molecule has 0 aromatic carbocycles. The standard InChI is InChI=1S/C8H16N6O/c1-5(2)3-10-6(15)4-11-8-12-7(9)13-14-8/h5H,3-4H2,1-2H3,(H,10,15)(H4,9,11,12,13,14). The number of nitrogens with one attached hydrogen (secondary N) is 3. The maximum absolute atomic E-state index is 11.3. The molecule has 0 saturated heterocycles. The van der Waals surface area contributed by atoms with Crippen LogP contribution in [-0.2, 0) is 4.79 Å². The zero-order valence-corrected chi connectivity index (χ0v) is 8.87. The summed E-state index contributed by atoms with van der Waals surface area (Å²) >= 11 is 0. The quantitative estimate of drug-likeness (QED) is 0.529. The topological polar surface area (TPSA) is 109 Å². The molecule has 0 saturated carbocycles. The number of nitrogens with zero attached hydrogens (tertiary/aromatic N) is 2. The van der Waals surface area contributed by atoms with Gasteiger partial charge in [0.15, 0.2) is 0 Å². The SMILES string of the molecule is CC(C)CNC(=O)CNc1n[nH]c(N)n1. The first kappa shape index (κ1) is 11.3. The molecule has 0 fully saturated rings. The molecular formula is C8H16N6O. The predicted molar refractivity (Wildman–Crippen MR) is 57.1 cm³/mol. The van der Waals surface area contributed by atoms with Crippen LogP contribution in [-0.4, -0.2) is 34.2 Å². The third kappa shape index (κ3) is 4.30. The number of H-pyrrole nitrogens is 1. The van der Waals surface area contributed by atoms with E-state index in [2.05, 4.69) is 25.8 Å². The Morgan fingerprint density at radius 3 is 2.87 bits per heavy atom. The van der Waals surface area contributed by atoms with Crippen LogP contribution >= 0.6 is 0 Å². The second-order valence-electron chi connectivity index (χ2n) is 3.60. The number of hydrogen-bond donors (Lipinski definition) is 4. The Bertz CT molecular complexity index is 321. The van der Waals surface area contributed by atoms with E-state index in [9.17, 15) is 4.79 Å². The van der Waals surface area contributed by atoms with Gasteiger partial charge in [-0.25, -0.2) is 5.10 Å². The van der Waals surface area contributed by atoms with Crippen molar-refractivity contribution in [2.24, 2.45) is 5.92 Å². The fourth-order valence-electron chi connectivity index (χ4n) is 0.893. The minimum Gasteiger partial charge on any atom is -0.368 e. The van der Waals surface area contributed by atoms with Gasteiger partial charge in [0.25, 0.3) is 0 Å². The van der Waals surface area contributed by atoms with E-state index in [4.69, 9.17) is 5.73 Å². The molecule has 1 aromatic rings. The van der Waals surface area contributed by atoms with Crippen LogP contribution in [0.25, 0.3) is 0 Å². The molecule has 15 heavy (non-hydrogen) atoms. The molecule has 0 aliphatic heterocycles. The van der Waals surface area contributed by atoms with Crippen molar-refractivity contribution in [2.45, 2.75) is 13.8 Å². The normalized spacial score (nSPS) is 10.3. The smallest absolute Gasteiger partial charge is 0.244 e. The summed E-state index contributed by atoms with van der Waals surface area (Å²) in [7, 11) is 0. The highest BCUT2D eigenvalue weighted by Crippen LogP contribution is 1.97. The van der Waals surface area contributed by atoms with Gasteiger partial charge in [-0.05, 0) is 5.92 Å². The van der Waals surface area contributed by atoms with Crippen LogP contribution in [0, 0.1) is 5.92 Å². The van der Waals surface area contributed by atoms with Gasteiger partial charge in [0.1, 0.15) is 0 Å². The van der Waals surface area contributed by atoms with Gasteiger partial charge in [0.2, 0.25) is 17.8 Å². The molecule has 0 aliphatic rings. The number of aromatic nitrogens is 3. The molecule has 1 rings (SSSR count). The fraction of sp³-hybridized carbons (Fsp3) is 0.625. The molecule has 0 radical (unpaired) electrons. The average molecular weight is 212 g/mol. The lowest BCUT2D eigenvalue weighted by Gasteiger charge is -2.07. The lowest BCUT2D eigenvalue weighted by Crippen LogP contribution is -2.32. The Labute approximate surface area is 87.8 Å². The Morgan fingerprint density at radius 2 is 2.33 bits per heavy atom. The number of amides is 1. The van der Waals surface area contributed by atoms with E-state index in [-0.39, 0.29) is 18.4 Å². The minimum atomic E-state index is -0.0907. The van der Waals surface area contributed by atoms with Crippen molar-refractivity contribution in [1.29, 1.82) is 0 Å². The van der Waals surface area contributed by atoms with E-state index in [0.29, 0.717) is 18.4 Å². The molecule has 0 aliphatic carbocycles. The van der Waals surface area contributed by atoms with E-state index >= 15 is 0 Å². The molecule has 1 heterocycles. The number of hydrogen-bond acceptors (Lipinski definition) is 5. The van der Waals surface area contributed by atoms with Crippen LogP contribution in [0.5, 0.6) is 0 Å². The third-order valence-electron chi connectivity index (χ3n) is 1.62. The van der Waals surface area contributed by atoms with Gasteiger partial charge in [0, 0.05) is 6.54 Å². The van der Waals surface area contributed by atoms with Gasteiger partial charge in [-0.1, -0.05) is 13.8 Å². The molecular weight excluding hydrogens is 196 g/mol. The number of nitrogen functional groups attached to an aromatic ring is 1. The Kier molecular flexibility index (Phi) is 3.90. The first-order chi connectivity index (χ1) is 7.08. The Morgan fingerprint density at radius 1 is 1.60 bits per heavy atom. The summed E-state index contributed by atoms with van der Waals surface area (Å²) in [5.41, 5.74) is 5.31. The summed E-state index contributed by atoms with van der Waals surface area (Å²) in [6, 6.07) is 0. The van der Waals surface area contributed by atoms with Crippen LogP contribution in [0.4, 0.5) is 11.9 Å². The lowest BCUT2D eigenvalue weighted by molar-refractivity contribution is -0.119. The van der Waals surface area contributed by atoms with E-state index in [1.54, 1.807) is 0 Å². The zero-order valence-electron chi connectivity index (χ0n) is 8.87. The molecule has 0 spiro atoms. The summed E-state index contributed by atoms with van der Waals surface area (Å²) in [5.74, 6) is 0.896. The highest BCUT2D eigenvalue weighted by atomic mass is 16.1. The summed E-state index contributed by atoms with van der Waals surface area (Å²) in [5, 5.41) is 11.7. The largest absolute Gasteiger partial charge is 0.368 e. The summed E-state index contributed by atoms with van der Waals surface area (Å²) in [6.07, 6.45) is 0. The summed E-state index contributed by atoms with van der Waals surface area (Å²) in [6.45, 7) is 4.87. The van der Waals surface area contributed by atoms with Crippen molar-refractivity contribution in [3.63, 3.8) is 0 Å². The first-order valence-corrected chi connectivity index (χ1v) is 4.76. The lowest BCUT2D eigenvalue weighted by atomic mass is 10.2. The van der Waals surface area contributed by atoms with Crippen LogP contribution in [0.3, 0.4) is 0 Å². The number of carbonyl (C=O) groups excluding carboxylic acids is 1. The maximum Gasteiger partial charge on any atom is 0.244 e. The van der Waals surface area contributed by atoms with Crippen LogP contribution in [0.2, 0.25) is 0 Å². The van der Waals surface area contributed by atoms with Crippen molar-refractivity contribution < 1.29 is 4.79 Å². The van der Waals surface area contributed by atoms with Crippen LogP contribution in [0.1, 0.15) is 13.8 Å². The minimum absolute atomic E-state index is 0.0907. The molecule has 5 N–H and O–H groups in total. The van der Waals surface area contributed by atoms with Crippen molar-refractivity contribution in [3.05, 3.63) is 0 Å². The van der Waals surface area contributed by atoms with Gasteiger partial charge in [0.05, 0.1) is 6.54 Å². The molecule has 7 nitrogen and oxygen atoms in total. The Hall–Kier alpha value is -1.79. The third-order valence-corrected chi connectivity index (χ3v) is 1.62. The first-order valence-electron chi connectivity index (χ1n) is 4.76. The van der Waals surface area contributed by atoms with Gasteiger partial charge in [-0.2, -0.15) is 4.98 Å². The summed E-state index contributed by atoms with van der Waals surface area (Å²) in [4.78, 5) is 15.1. The van der Waals surface area contributed by atoms with Gasteiger partial charge in [-0.3, -0.25) is 4.79 Å². The van der Waals surface area contributed by atoms with E-state index < -0.39 is 0 Å². The number of nitrogens with two attached hydrogens (primary N) is 1. The van der Waals surface area contributed by atoms with Crippen molar-refractivity contribution in [3.8, 4) is 0 Å². The van der Waals surface area contributed by atoms with Crippen LogP contribution in [0.15, 0.2) is 0 Å². The fourth-order valence-corrected chi connectivity index (χ4v) is 0.893. The van der Waals surface area contributed by atoms with Gasteiger partial charge >= 0.3 is 0 Å². The monoisotopic (exact) mass is 212 g/mol. The van der Waals surface area contributed by atoms with Gasteiger partial charge in [-0.15, -0.1) is 5.10 Å². The zero-order chi connectivity index (χ0) is 11.3. The number of rotatable bonds is 5. The molecule has 1 aromatic heterocycles. The second-order valence-corrected chi connectivity index (χ2v) is 3.60. The van der Waals surface area contributed by atoms with Crippen molar-refractivity contribution in [1.82, 2.24) is 20.5 Å². The van der Waals surface area contributed by atoms with Crippen LogP contribution < -0.4 is 16.4 Å². The summed E-state index contributed by atoms with van der Waals surface area (Å²) < 4.78 is 0. The molecule has 7 heteroatoms. The highest BCUT2D eigenvalue weighted by molar-refractivity contribution is 5.80. The van der Waals surface area contributed by atoms with Crippen molar-refractivity contribution >= 4 is 17.8 Å². The van der Waals surface area contributed by atoms with E-state index in [1.807, 2.05) is 13.8 Å². The number of anilines is 2. The van der Waals surface area contributed by atoms with E-state index in [0.717, 1.165) is 0 Å². The van der Waals surface area contributed by atoms with Gasteiger partial charge < -0.3 is 16.4 Å². The van der Waals surface area contributed by atoms with E-state index in [1.165, 1.54) is 0 Å². The predicted octanol–water partition coefficient (Wildman–Crippen LogP) is -0.429.